The quantitative estimate of drug-likeness (QED) is 0.295. The summed E-state index contributed by atoms with van der Waals surface area (Å²) in [5.74, 6) is -0.0839. The van der Waals surface area contributed by atoms with Gasteiger partial charge in [0.1, 0.15) is 17.6 Å². The molecule has 0 saturated heterocycles. The van der Waals surface area contributed by atoms with Crippen LogP contribution in [0.4, 0.5) is 18.9 Å². The van der Waals surface area contributed by atoms with E-state index in [2.05, 4.69) is 21.2 Å². The van der Waals surface area contributed by atoms with Crippen LogP contribution in [0.25, 0.3) is 0 Å². The van der Waals surface area contributed by atoms with E-state index >= 15 is 0 Å². The highest BCUT2D eigenvalue weighted by Gasteiger charge is 2.52. The fraction of sp³-hybridized carbons (Fsp3) is 0.345. The van der Waals surface area contributed by atoms with E-state index in [1.54, 1.807) is 19.2 Å². The number of anilines is 1. The summed E-state index contributed by atoms with van der Waals surface area (Å²) >= 11 is 3.31. The first-order valence-corrected chi connectivity index (χ1v) is 15.3. The number of benzene rings is 3. The Morgan fingerprint density at radius 2 is 1.86 bits per heavy atom. The Kier molecular flexibility index (Phi) is 8.20. The van der Waals surface area contributed by atoms with Gasteiger partial charge in [-0.05, 0) is 66.9 Å². The molecule has 224 valence electrons. The molecule has 1 unspecified atom stereocenters. The summed E-state index contributed by atoms with van der Waals surface area (Å²) in [5, 5.41) is 13.5. The number of hydrogen-bond acceptors (Lipinski definition) is 6. The lowest BCUT2D eigenvalue weighted by atomic mass is 9.62. The number of carboxylic acid groups (broad SMARTS) is 1. The average molecular weight is 670 g/mol. The van der Waals surface area contributed by atoms with Crippen LogP contribution in [-0.4, -0.2) is 45.3 Å². The number of ether oxygens (including phenoxy) is 2. The zero-order chi connectivity index (χ0) is 30.3. The van der Waals surface area contributed by atoms with E-state index in [1.165, 1.54) is 6.07 Å². The molecule has 3 aromatic carbocycles. The normalized spacial score (nSPS) is 22.1. The third-order valence-corrected chi connectivity index (χ3v) is 9.97. The number of fused-ring (bicyclic) bond motifs is 1. The highest BCUT2D eigenvalue weighted by atomic mass is 79.9. The van der Waals surface area contributed by atoms with E-state index in [0.29, 0.717) is 29.9 Å². The smallest absolute Gasteiger partial charge is 0.416 e. The molecule has 13 heteroatoms. The predicted molar refractivity (Wildman–Crippen MR) is 152 cm³/mol. The van der Waals surface area contributed by atoms with E-state index in [0.717, 1.165) is 33.8 Å². The molecule has 0 aromatic heterocycles. The maximum Gasteiger partial charge on any atom is 0.416 e. The topological polar surface area (TPSA) is 105 Å². The van der Waals surface area contributed by atoms with Gasteiger partial charge in [0.15, 0.2) is 0 Å². The van der Waals surface area contributed by atoms with Crippen molar-refractivity contribution in [2.45, 2.75) is 49.0 Å². The lowest BCUT2D eigenvalue weighted by Gasteiger charge is -2.47. The van der Waals surface area contributed by atoms with Crippen molar-refractivity contribution >= 4 is 37.6 Å². The van der Waals surface area contributed by atoms with Crippen LogP contribution < -0.4 is 19.1 Å². The molecular weight excluding hydrogens is 641 g/mol. The van der Waals surface area contributed by atoms with Crippen molar-refractivity contribution in [1.82, 2.24) is 5.32 Å². The van der Waals surface area contributed by atoms with E-state index < -0.39 is 44.1 Å². The minimum absolute atomic E-state index is 0.0210. The molecule has 5 rings (SSSR count). The number of aliphatic carboxylic acids is 1. The molecule has 0 spiro atoms. The Morgan fingerprint density at radius 3 is 2.50 bits per heavy atom. The van der Waals surface area contributed by atoms with Crippen molar-refractivity contribution in [1.29, 1.82) is 0 Å². The van der Waals surface area contributed by atoms with Crippen LogP contribution in [0.1, 0.15) is 30.4 Å². The van der Waals surface area contributed by atoms with Gasteiger partial charge < -0.3 is 19.9 Å². The second kappa shape index (κ2) is 11.4. The van der Waals surface area contributed by atoms with Crippen molar-refractivity contribution in [2.24, 2.45) is 5.41 Å². The molecule has 8 nitrogen and oxygen atoms in total. The molecular formula is C29H28BrF3N2O6S. The first kappa shape index (κ1) is 30.2. The third-order valence-electron chi connectivity index (χ3n) is 7.70. The van der Waals surface area contributed by atoms with Gasteiger partial charge in [-0.1, -0.05) is 34.1 Å². The van der Waals surface area contributed by atoms with Gasteiger partial charge in [0, 0.05) is 23.5 Å². The van der Waals surface area contributed by atoms with Gasteiger partial charge in [-0.25, -0.2) is 8.42 Å². The lowest BCUT2D eigenvalue weighted by molar-refractivity contribution is -0.159. The van der Waals surface area contributed by atoms with Gasteiger partial charge in [-0.2, -0.15) is 13.2 Å². The molecule has 1 fully saturated rings. The Morgan fingerprint density at radius 1 is 1.14 bits per heavy atom. The Labute approximate surface area is 249 Å². The zero-order valence-electron chi connectivity index (χ0n) is 22.4. The number of halogens is 4. The standard InChI is InChI=1S/C29H28BrF3N2O6S/c1-40-22-8-5-18(6-9-22)16-34-21-13-28(14-21,27(36)37)15-23-17-35(25-12-20(30)7-10-26(25)41-23)42(38,39)24-4-2-3-19(11-24)29(31,32)33/h2-12,21,23,34H,13-17H2,1H3,(H,36,37). The molecule has 0 amide bonds. The van der Waals surface area contributed by atoms with Gasteiger partial charge in [-0.3, -0.25) is 9.10 Å². The molecule has 3 aromatic rings. The van der Waals surface area contributed by atoms with Crippen molar-refractivity contribution in [2.75, 3.05) is 18.0 Å². The average Bonchev–Trinajstić information content (AvgIpc) is 2.93. The third kappa shape index (κ3) is 6.09. The van der Waals surface area contributed by atoms with Crippen LogP contribution in [0.5, 0.6) is 11.5 Å². The summed E-state index contributed by atoms with van der Waals surface area (Å²) < 4.78 is 80.4. The molecule has 0 bridgehead atoms. The van der Waals surface area contributed by atoms with Gasteiger partial charge in [0.05, 0.1) is 35.2 Å². The molecule has 1 saturated carbocycles. The summed E-state index contributed by atoms with van der Waals surface area (Å²) in [6.45, 7) is 0.274. The van der Waals surface area contributed by atoms with Crippen LogP contribution in [0, 0.1) is 5.41 Å². The van der Waals surface area contributed by atoms with E-state index in [-0.39, 0.29) is 30.4 Å². The monoisotopic (exact) mass is 668 g/mol. The maximum absolute atomic E-state index is 13.7. The summed E-state index contributed by atoms with van der Waals surface area (Å²) in [6.07, 6.45) is -4.93. The fourth-order valence-electron chi connectivity index (χ4n) is 5.48. The van der Waals surface area contributed by atoms with Crippen molar-refractivity contribution in [3.63, 3.8) is 0 Å². The van der Waals surface area contributed by atoms with Crippen LogP contribution >= 0.6 is 15.9 Å². The predicted octanol–water partition coefficient (Wildman–Crippen LogP) is 5.85. The number of sulfonamides is 1. The number of alkyl halides is 3. The zero-order valence-corrected chi connectivity index (χ0v) is 24.8. The van der Waals surface area contributed by atoms with Crippen molar-refractivity contribution in [3.8, 4) is 11.5 Å². The number of nitrogens with one attached hydrogen (secondary N) is 1. The molecule has 1 heterocycles. The highest BCUT2D eigenvalue weighted by Crippen LogP contribution is 2.48. The summed E-state index contributed by atoms with van der Waals surface area (Å²) in [6, 6.07) is 15.7. The minimum atomic E-state index is -4.73. The number of carboxylic acids is 1. The maximum atomic E-state index is 13.7. The number of carbonyl (C=O) groups is 1. The summed E-state index contributed by atoms with van der Waals surface area (Å²) in [4.78, 5) is 11.9. The lowest BCUT2D eigenvalue weighted by Crippen LogP contribution is -2.56. The highest BCUT2D eigenvalue weighted by molar-refractivity contribution is 9.10. The summed E-state index contributed by atoms with van der Waals surface area (Å²) in [7, 11) is -2.88. The SMILES string of the molecule is COc1ccc(CNC2CC(CC3CN(S(=O)(=O)c4cccc(C(F)(F)F)c4)c4cc(Br)ccc4O3)(C(=O)O)C2)cc1. The van der Waals surface area contributed by atoms with Gasteiger partial charge >= 0.3 is 12.1 Å². The molecule has 1 aliphatic carbocycles. The minimum Gasteiger partial charge on any atom is -0.497 e. The second-order valence-corrected chi connectivity index (χ2v) is 13.3. The van der Waals surface area contributed by atoms with Gasteiger partial charge in [0.2, 0.25) is 0 Å². The Hall–Kier alpha value is -3.29. The van der Waals surface area contributed by atoms with Gasteiger partial charge in [0.25, 0.3) is 10.0 Å². The molecule has 0 radical (unpaired) electrons. The van der Waals surface area contributed by atoms with Crippen molar-refractivity contribution < 1.29 is 41.0 Å². The molecule has 1 aliphatic heterocycles. The molecule has 1 atom stereocenters. The number of methoxy groups -OCH3 is 1. The van der Waals surface area contributed by atoms with Gasteiger partial charge in [-0.15, -0.1) is 0 Å². The Balaban J connectivity index is 1.35. The van der Waals surface area contributed by atoms with Crippen LogP contribution in [-0.2, 0) is 27.5 Å². The van der Waals surface area contributed by atoms with E-state index in [1.807, 2.05) is 24.3 Å². The Bertz CT molecular complexity index is 1580. The van der Waals surface area contributed by atoms with Crippen LogP contribution in [0.2, 0.25) is 0 Å². The molecule has 42 heavy (non-hydrogen) atoms. The summed E-state index contributed by atoms with van der Waals surface area (Å²) in [5.41, 5.74) is -1.08. The van der Waals surface area contributed by atoms with Crippen molar-refractivity contribution in [3.05, 3.63) is 82.3 Å². The first-order valence-electron chi connectivity index (χ1n) is 13.1. The number of hydrogen-bond donors (Lipinski definition) is 2. The number of rotatable bonds is 9. The number of nitrogens with zero attached hydrogens (tertiary/aromatic N) is 1. The molecule has 2 N–H and O–H groups in total. The van der Waals surface area contributed by atoms with Crippen LogP contribution in [0.3, 0.4) is 0 Å². The van der Waals surface area contributed by atoms with Crippen LogP contribution in [0.15, 0.2) is 76.1 Å². The van der Waals surface area contributed by atoms with E-state index in [4.69, 9.17) is 9.47 Å². The second-order valence-electron chi connectivity index (χ2n) is 10.5. The van der Waals surface area contributed by atoms with E-state index in [9.17, 15) is 31.5 Å². The fourth-order valence-corrected chi connectivity index (χ4v) is 7.37. The molecule has 2 aliphatic rings. The first-order chi connectivity index (χ1) is 19.8. The largest absolute Gasteiger partial charge is 0.497 e.